The van der Waals surface area contributed by atoms with E-state index in [1.807, 2.05) is 0 Å². The van der Waals surface area contributed by atoms with Crippen molar-refractivity contribution in [3.63, 3.8) is 0 Å². The van der Waals surface area contributed by atoms with E-state index in [0.29, 0.717) is 27.6 Å². The lowest BCUT2D eigenvalue weighted by Gasteiger charge is -2.14. The van der Waals surface area contributed by atoms with Crippen LogP contribution < -0.4 is 14.8 Å². The third-order valence-corrected chi connectivity index (χ3v) is 6.21. The van der Waals surface area contributed by atoms with E-state index >= 15 is 0 Å². The lowest BCUT2D eigenvalue weighted by molar-refractivity contribution is 0.103. The average molecular weight is 402 g/mol. The van der Waals surface area contributed by atoms with Gasteiger partial charge in [0.15, 0.2) is 0 Å². The Labute approximate surface area is 161 Å². The first-order valence-electron chi connectivity index (χ1n) is 8.02. The van der Waals surface area contributed by atoms with Gasteiger partial charge in [0.25, 0.3) is 15.9 Å². The summed E-state index contributed by atoms with van der Waals surface area (Å²) in [4.78, 5) is 12.8. The zero-order chi connectivity index (χ0) is 19.4. The molecule has 27 heavy (non-hydrogen) atoms. The summed E-state index contributed by atoms with van der Waals surface area (Å²) in [5.74, 6) is 0.135. The standard InChI is InChI=1S/C19H18N2O4S2/c1-13-9-10-14(20-19(22)17-8-5-11-26-17)12-18(13)27(23,24)21-15-6-3-4-7-16(15)25-2/h3-12,21H,1-2H3,(H,20,22). The second kappa shape index (κ2) is 7.81. The predicted octanol–water partition coefficient (Wildman–Crippen LogP) is 4.12. The number of methoxy groups -OCH3 is 1. The minimum Gasteiger partial charge on any atom is -0.495 e. The molecule has 0 saturated heterocycles. The lowest BCUT2D eigenvalue weighted by Crippen LogP contribution is -2.16. The largest absolute Gasteiger partial charge is 0.495 e. The lowest BCUT2D eigenvalue weighted by atomic mass is 10.2. The third kappa shape index (κ3) is 4.29. The van der Waals surface area contributed by atoms with Gasteiger partial charge in [0.05, 0.1) is 22.6 Å². The number of hydrogen-bond acceptors (Lipinski definition) is 5. The van der Waals surface area contributed by atoms with Gasteiger partial charge in [0, 0.05) is 5.69 Å². The first-order chi connectivity index (χ1) is 12.9. The smallest absolute Gasteiger partial charge is 0.265 e. The highest BCUT2D eigenvalue weighted by atomic mass is 32.2. The highest BCUT2D eigenvalue weighted by molar-refractivity contribution is 7.92. The molecule has 0 saturated carbocycles. The Balaban J connectivity index is 1.90. The molecule has 3 aromatic rings. The minimum absolute atomic E-state index is 0.0809. The summed E-state index contributed by atoms with van der Waals surface area (Å²) in [5.41, 5.74) is 1.30. The van der Waals surface area contributed by atoms with Crippen LogP contribution in [-0.2, 0) is 10.0 Å². The molecule has 0 radical (unpaired) electrons. The highest BCUT2D eigenvalue weighted by Gasteiger charge is 2.20. The van der Waals surface area contributed by atoms with Gasteiger partial charge >= 0.3 is 0 Å². The first-order valence-corrected chi connectivity index (χ1v) is 10.4. The summed E-state index contributed by atoms with van der Waals surface area (Å²) < 4.78 is 33.5. The van der Waals surface area contributed by atoms with Gasteiger partial charge in [0.2, 0.25) is 0 Å². The molecular formula is C19H18N2O4S2. The van der Waals surface area contributed by atoms with Crippen LogP contribution in [0.15, 0.2) is 64.9 Å². The van der Waals surface area contributed by atoms with E-state index in [0.717, 1.165) is 0 Å². The van der Waals surface area contributed by atoms with Gasteiger partial charge in [-0.1, -0.05) is 24.3 Å². The van der Waals surface area contributed by atoms with Crippen molar-refractivity contribution in [3.05, 3.63) is 70.4 Å². The zero-order valence-electron chi connectivity index (χ0n) is 14.7. The molecule has 0 atom stereocenters. The Bertz CT molecular complexity index is 1060. The number of aryl methyl sites for hydroxylation is 1. The van der Waals surface area contributed by atoms with Crippen molar-refractivity contribution >= 4 is 38.6 Å². The molecule has 8 heteroatoms. The molecule has 2 N–H and O–H groups in total. The minimum atomic E-state index is -3.87. The molecule has 0 bridgehead atoms. The van der Waals surface area contributed by atoms with Gasteiger partial charge in [-0.3, -0.25) is 9.52 Å². The van der Waals surface area contributed by atoms with E-state index in [2.05, 4.69) is 10.0 Å². The molecule has 0 aliphatic rings. The molecule has 6 nitrogen and oxygen atoms in total. The van der Waals surface area contributed by atoms with Crippen LogP contribution in [0.5, 0.6) is 5.75 Å². The molecule has 3 rings (SSSR count). The molecule has 1 aromatic heterocycles. The maximum absolute atomic E-state index is 12.9. The van der Waals surface area contributed by atoms with Crippen molar-refractivity contribution in [1.82, 2.24) is 0 Å². The molecule has 0 fully saturated rings. The molecule has 2 aromatic carbocycles. The third-order valence-electron chi connectivity index (χ3n) is 3.83. The monoisotopic (exact) mass is 402 g/mol. The predicted molar refractivity (Wildman–Crippen MR) is 107 cm³/mol. The molecule has 0 aliphatic carbocycles. The van der Waals surface area contributed by atoms with E-state index in [4.69, 9.17) is 4.74 Å². The van der Waals surface area contributed by atoms with Crippen molar-refractivity contribution in [2.45, 2.75) is 11.8 Å². The number of thiophene rings is 1. The summed E-state index contributed by atoms with van der Waals surface area (Å²) in [5, 5.41) is 4.53. The van der Waals surface area contributed by atoms with E-state index in [1.165, 1.54) is 24.5 Å². The summed E-state index contributed by atoms with van der Waals surface area (Å²) in [7, 11) is -2.40. The Morgan fingerprint density at radius 1 is 1.07 bits per heavy atom. The average Bonchev–Trinajstić information content (AvgIpc) is 3.18. The van der Waals surface area contributed by atoms with Crippen LogP contribution in [-0.4, -0.2) is 21.4 Å². The number of ether oxygens (including phenoxy) is 1. The second-order valence-electron chi connectivity index (χ2n) is 5.72. The fraction of sp³-hybridized carbons (Fsp3) is 0.105. The number of nitrogens with one attached hydrogen (secondary N) is 2. The fourth-order valence-electron chi connectivity index (χ4n) is 2.50. The van der Waals surface area contributed by atoms with Crippen LogP contribution in [0.4, 0.5) is 11.4 Å². The van der Waals surface area contributed by atoms with E-state index in [1.54, 1.807) is 60.8 Å². The summed E-state index contributed by atoms with van der Waals surface area (Å²) >= 11 is 1.31. The fourth-order valence-corrected chi connectivity index (χ4v) is 4.46. The first kappa shape index (κ1) is 18.9. The summed E-state index contributed by atoms with van der Waals surface area (Å²) in [6.07, 6.45) is 0. The number of hydrogen-bond donors (Lipinski definition) is 2. The number of carbonyl (C=O) groups is 1. The molecule has 1 amide bonds. The van der Waals surface area contributed by atoms with Crippen LogP contribution in [0.1, 0.15) is 15.2 Å². The van der Waals surface area contributed by atoms with Crippen LogP contribution in [0.2, 0.25) is 0 Å². The molecule has 1 heterocycles. The van der Waals surface area contributed by atoms with Crippen molar-refractivity contribution in [3.8, 4) is 5.75 Å². The van der Waals surface area contributed by atoms with Crippen LogP contribution >= 0.6 is 11.3 Å². The summed E-state index contributed by atoms with van der Waals surface area (Å²) in [6, 6.07) is 15.0. The maximum Gasteiger partial charge on any atom is 0.265 e. The van der Waals surface area contributed by atoms with Gasteiger partial charge in [0.1, 0.15) is 5.75 Å². The number of benzene rings is 2. The van der Waals surface area contributed by atoms with Crippen molar-refractivity contribution in [2.75, 3.05) is 17.1 Å². The number of para-hydroxylation sites is 2. The van der Waals surface area contributed by atoms with Crippen molar-refractivity contribution in [2.24, 2.45) is 0 Å². The Hall–Kier alpha value is -2.84. The zero-order valence-corrected chi connectivity index (χ0v) is 16.4. The van der Waals surface area contributed by atoms with Crippen LogP contribution in [0, 0.1) is 6.92 Å². The van der Waals surface area contributed by atoms with E-state index in [-0.39, 0.29) is 10.8 Å². The molecule has 0 spiro atoms. The maximum atomic E-state index is 12.9. The SMILES string of the molecule is COc1ccccc1NS(=O)(=O)c1cc(NC(=O)c2cccs2)ccc1C. The van der Waals surface area contributed by atoms with E-state index < -0.39 is 10.0 Å². The van der Waals surface area contributed by atoms with Gasteiger partial charge in [-0.15, -0.1) is 11.3 Å². The van der Waals surface area contributed by atoms with Crippen LogP contribution in [0.3, 0.4) is 0 Å². The Morgan fingerprint density at radius 3 is 2.56 bits per heavy atom. The van der Waals surface area contributed by atoms with Crippen molar-refractivity contribution in [1.29, 1.82) is 0 Å². The normalized spacial score (nSPS) is 11.0. The summed E-state index contributed by atoms with van der Waals surface area (Å²) in [6.45, 7) is 1.70. The molecule has 0 aliphatic heterocycles. The number of amides is 1. The van der Waals surface area contributed by atoms with Gasteiger partial charge in [-0.2, -0.15) is 0 Å². The van der Waals surface area contributed by atoms with Crippen LogP contribution in [0.25, 0.3) is 0 Å². The second-order valence-corrected chi connectivity index (χ2v) is 8.32. The topological polar surface area (TPSA) is 84.5 Å². The molecule has 140 valence electrons. The highest BCUT2D eigenvalue weighted by Crippen LogP contribution is 2.28. The van der Waals surface area contributed by atoms with Gasteiger partial charge in [-0.25, -0.2) is 8.42 Å². The number of anilines is 2. The molecule has 0 unspecified atom stereocenters. The molecular weight excluding hydrogens is 384 g/mol. The Morgan fingerprint density at radius 2 is 1.85 bits per heavy atom. The Kier molecular flexibility index (Phi) is 5.48. The number of rotatable bonds is 6. The number of sulfonamides is 1. The van der Waals surface area contributed by atoms with Crippen molar-refractivity contribution < 1.29 is 17.9 Å². The van der Waals surface area contributed by atoms with Gasteiger partial charge < -0.3 is 10.1 Å². The number of carbonyl (C=O) groups excluding carboxylic acids is 1. The van der Waals surface area contributed by atoms with Gasteiger partial charge in [-0.05, 0) is 48.2 Å². The quantitative estimate of drug-likeness (QED) is 0.650. The van der Waals surface area contributed by atoms with E-state index in [9.17, 15) is 13.2 Å².